The summed E-state index contributed by atoms with van der Waals surface area (Å²) < 4.78 is 27.2. The first-order valence-corrected chi connectivity index (χ1v) is 6.40. The van der Waals surface area contributed by atoms with Gasteiger partial charge in [0.25, 0.3) is 0 Å². The third kappa shape index (κ3) is 2.79. The Morgan fingerprint density at radius 3 is 2.45 bits per heavy atom. The van der Waals surface area contributed by atoms with Gasteiger partial charge >= 0.3 is 5.97 Å². The lowest BCUT2D eigenvalue weighted by Crippen LogP contribution is -2.36. The molecule has 1 amide bonds. The molecule has 1 N–H and O–H groups in total. The van der Waals surface area contributed by atoms with Gasteiger partial charge in [-0.05, 0) is 25.5 Å². The van der Waals surface area contributed by atoms with Crippen molar-refractivity contribution in [1.82, 2.24) is 4.90 Å². The molecular weight excluding hydrogens is 268 g/mol. The van der Waals surface area contributed by atoms with Crippen molar-refractivity contribution in [2.24, 2.45) is 5.92 Å². The average molecular weight is 283 g/mol. The van der Waals surface area contributed by atoms with Crippen molar-refractivity contribution in [2.75, 3.05) is 13.1 Å². The molecule has 2 rings (SSSR count). The quantitative estimate of drug-likeness (QED) is 0.899. The van der Waals surface area contributed by atoms with Crippen LogP contribution < -0.4 is 0 Å². The molecule has 0 spiro atoms. The van der Waals surface area contributed by atoms with E-state index >= 15 is 0 Å². The van der Waals surface area contributed by atoms with Crippen molar-refractivity contribution in [2.45, 2.75) is 19.3 Å². The Hall–Kier alpha value is -1.98. The lowest BCUT2D eigenvalue weighted by molar-refractivity contribution is -0.144. The Morgan fingerprint density at radius 1 is 1.35 bits per heavy atom. The summed E-state index contributed by atoms with van der Waals surface area (Å²) >= 11 is 0. The number of amides is 1. The summed E-state index contributed by atoms with van der Waals surface area (Å²) in [5.74, 6) is -3.80. The Balaban J connectivity index is 2.11. The zero-order valence-electron chi connectivity index (χ0n) is 11.0. The maximum absolute atomic E-state index is 13.6. The molecule has 0 bridgehead atoms. The van der Waals surface area contributed by atoms with E-state index in [0.29, 0.717) is 6.42 Å². The highest BCUT2D eigenvalue weighted by Gasteiger charge is 2.48. The molecule has 1 aromatic rings. The second-order valence-corrected chi connectivity index (χ2v) is 4.83. The van der Waals surface area contributed by atoms with Gasteiger partial charge in [-0.3, -0.25) is 9.59 Å². The van der Waals surface area contributed by atoms with Gasteiger partial charge in [-0.15, -0.1) is 0 Å². The van der Waals surface area contributed by atoms with Gasteiger partial charge in [0.2, 0.25) is 5.91 Å². The molecule has 1 aromatic carbocycles. The first kappa shape index (κ1) is 14.4. The number of hydrogen-bond donors (Lipinski definition) is 1. The zero-order valence-corrected chi connectivity index (χ0v) is 11.0. The van der Waals surface area contributed by atoms with Crippen LogP contribution in [0.25, 0.3) is 0 Å². The van der Waals surface area contributed by atoms with Crippen molar-refractivity contribution < 1.29 is 23.5 Å². The van der Waals surface area contributed by atoms with E-state index in [1.165, 1.54) is 11.0 Å². The van der Waals surface area contributed by atoms with Crippen LogP contribution in [0.3, 0.4) is 0 Å². The van der Waals surface area contributed by atoms with E-state index in [1.54, 1.807) is 6.92 Å². The third-order valence-corrected chi connectivity index (χ3v) is 3.50. The summed E-state index contributed by atoms with van der Waals surface area (Å²) in [6.45, 7) is 1.54. The van der Waals surface area contributed by atoms with Crippen LogP contribution in [0.1, 0.15) is 24.8 Å². The van der Waals surface area contributed by atoms with Crippen LogP contribution >= 0.6 is 0 Å². The number of carbonyl (C=O) groups excluding carboxylic acids is 1. The molecule has 1 saturated carbocycles. The summed E-state index contributed by atoms with van der Waals surface area (Å²) in [6, 6.07) is 3.59. The maximum atomic E-state index is 13.6. The van der Waals surface area contributed by atoms with Crippen molar-refractivity contribution in [3.05, 3.63) is 35.4 Å². The summed E-state index contributed by atoms with van der Waals surface area (Å²) in [5, 5.41) is 8.72. The van der Waals surface area contributed by atoms with E-state index in [4.69, 9.17) is 5.11 Å². The van der Waals surface area contributed by atoms with Gasteiger partial charge in [0.1, 0.15) is 18.2 Å². The predicted octanol–water partition coefficient (Wildman–Crippen LogP) is 2.00. The summed E-state index contributed by atoms with van der Waals surface area (Å²) in [5.41, 5.74) is -0.0720. The molecule has 4 nitrogen and oxygen atoms in total. The summed E-state index contributed by atoms with van der Waals surface area (Å²) in [7, 11) is 0. The van der Waals surface area contributed by atoms with E-state index in [-0.39, 0.29) is 18.0 Å². The van der Waals surface area contributed by atoms with Gasteiger partial charge in [-0.1, -0.05) is 6.07 Å². The lowest BCUT2D eigenvalue weighted by atomic mass is 10.1. The van der Waals surface area contributed by atoms with Crippen LogP contribution in [-0.4, -0.2) is 35.0 Å². The first-order chi connectivity index (χ1) is 9.45. The number of carbonyl (C=O) groups is 2. The van der Waals surface area contributed by atoms with Gasteiger partial charge in [0.15, 0.2) is 0 Å². The standard InChI is InChI=1S/C14H15F2NO3/c1-2-17(7-12(18)19)14(20)9-6-8(9)13-10(15)4-3-5-11(13)16/h3-5,8-9H,2,6-7H2,1H3,(H,18,19)/t8-,9+/m1/s1. The van der Waals surface area contributed by atoms with Crippen molar-refractivity contribution in [3.8, 4) is 0 Å². The predicted molar refractivity (Wildman–Crippen MR) is 67.1 cm³/mol. The Labute approximate surface area is 115 Å². The highest BCUT2D eigenvalue weighted by atomic mass is 19.1. The number of carboxylic acids is 1. The van der Waals surface area contributed by atoms with Crippen LogP contribution in [0.5, 0.6) is 0 Å². The highest BCUT2D eigenvalue weighted by Crippen LogP contribution is 2.50. The Kier molecular flexibility index (Phi) is 4.01. The Bertz CT molecular complexity index is 527. The van der Waals surface area contributed by atoms with Gasteiger partial charge in [0.05, 0.1) is 0 Å². The topological polar surface area (TPSA) is 57.6 Å². The number of likely N-dealkylation sites (N-methyl/N-ethyl adjacent to an activating group) is 1. The number of aliphatic carboxylic acids is 1. The Morgan fingerprint density at radius 2 is 1.95 bits per heavy atom. The number of benzene rings is 1. The molecule has 20 heavy (non-hydrogen) atoms. The van der Waals surface area contributed by atoms with Gasteiger partial charge in [-0.25, -0.2) is 8.78 Å². The minimum absolute atomic E-state index is 0.0720. The number of rotatable bonds is 5. The normalized spacial score (nSPS) is 20.6. The van der Waals surface area contributed by atoms with E-state index in [1.807, 2.05) is 0 Å². The van der Waals surface area contributed by atoms with E-state index in [2.05, 4.69) is 0 Å². The number of halogens is 2. The smallest absolute Gasteiger partial charge is 0.323 e. The van der Waals surface area contributed by atoms with Crippen molar-refractivity contribution in [1.29, 1.82) is 0 Å². The number of nitrogens with zero attached hydrogens (tertiary/aromatic N) is 1. The van der Waals surface area contributed by atoms with E-state index in [0.717, 1.165) is 12.1 Å². The number of hydrogen-bond acceptors (Lipinski definition) is 2. The molecule has 1 fully saturated rings. The number of carboxylic acid groups (broad SMARTS) is 1. The van der Waals surface area contributed by atoms with Crippen LogP contribution in [0.15, 0.2) is 18.2 Å². The van der Waals surface area contributed by atoms with E-state index in [9.17, 15) is 18.4 Å². The molecule has 0 radical (unpaired) electrons. The molecule has 108 valence electrons. The summed E-state index contributed by atoms with van der Waals surface area (Å²) in [4.78, 5) is 23.9. The lowest BCUT2D eigenvalue weighted by Gasteiger charge is -2.18. The molecule has 0 aromatic heterocycles. The zero-order chi connectivity index (χ0) is 14.9. The molecule has 0 saturated heterocycles. The van der Waals surface area contributed by atoms with Gasteiger partial charge in [-0.2, -0.15) is 0 Å². The van der Waals surface area contributed by atoms with Crippen LogP contribution in [0, 0.1) is 17.6 Å². The second-order valence-electron chi connectivity index (χ2n) is 4.83. The molecule has 1 aliphatic rings. The molecule has 0 heterocycles. The minimum Gasteiger partial charge on any atom is -0.480 e. The van der Waals surface area contributed by atoms with Crippen molar-refractivity contribution >= 4 is 11.9 Å². The molecule has 1 aliphatic carbocycles. The highest BCUT2D eigenvalue weighted by molar-refractivity contribution is 5.86. The SMILES string of the molecule is CCN(CC(=O)O)C(=O)[C@H]1C[C@H]1c1c(F)cccc1F. The molecule has 2 atom stereocenters. The molecular formula is C14H15F2NO3. The average Bonchev–Trinajstić information content (AvgIpc) is 3.15. The van der Waals surface area contributed by atoms with Gasteiger partial charge in [0, 0.05) is 23.9 Å². The van der Waals surface area contributed by atoms with Crippen LogP contribution in [0.2, 0.25) is 0 Å². The summed E-state index contributed by atoms with van der Waals surface area (Å²) in [6.07, 6.45) is 0.354. The van der Waals surface area contributed by atoms with Gasteiger partial charge < -0.3 is 10.0 Å². The fourth-order valence-electron chi connectivity index (χ4n) is 2.40. The molecule has 0 aliphatic heterocycles. The van der Waals surface area contributed by atoms with E-state index < -0.39 is 36.0 Å². The fraction of sp³-hybridized carbons (Fsp3) is 0.429. The van der Waals surface area contributed by atoms with Crippen molar-refractivity contribution in [3.63, 3.8) is 0 Å². The van der Waals surface area contributed by atoms with Crippen LogP contribution in [-0.2, 0) is 9.59 Å². The molecule has 6 heteroatoms. The largest absolute Gasteiger partial charge is 0.480 e. The second kappa shape index (κ2) is 5.56. The fourth-order valence-corrected chi connectivity index (χ4v) is 2.40. The molecule has 0 unspecified atom stereocenters. The van der Waals surface area contributed by atoms with Crippen LogP contribution in [0.4, 0.5) is 8.78 Å². The third-order valence-electron chi connectivity index (χ3n) is 3.50. The minimum atomic E-state index is -1.10. The maximum Gasteiger partial charge on any atom is 0.323 e. The first-order valence-electron chi connectivity index (χ1n) is 6.40. The monoisotopic (exact) mass is 283 g/mol.